The van der Waals surface area contributed by atoms with Crippen molar-refractivity contribution in [1.29, 1.82) is 0 Å². The smallest absolute Gasteiger partial charge is 0.307 e. The lowest BCUT2D eigenvalue weighted by atomic mass is 10.4. The van der Waals surface area contributed by atoms with E-state index in [9.17, 15) is 13.0 Å². The minimum absolute atomic E-state index is 0.0866. The van der Waals surface area contributed by atoms with E-state index in [0.29, 0.717) is 6.42 Å². The minimum Gasteiger partial charge on any atom is -0.307 e. The predicted molar refractivity (Wildman–Crippen MR) is 82.9 cm³/mol. The van der Waals surface area contributed by atoms with Gasteiger partial charge in [-0.3, -0.25) is 4.57 Å². The molecule has 6 nitrogen and oxygen atoms in total. The Morgan fingerprint density at radius 1 is 1.14 bits per heavy atom. The van der Waals surface area contributed by atoms with Gasteiger partial charge in [-0.15, -0.1) is 0 Å². The Balaban J connectivity index is 2.34. The second-order valence-corrected chi connectivity index (χ2v) is 10.3. The molecule has 0 radical (unpaired) electrons. The Kier molecular flexibility index (Phi) is 5.84. The molecule has 1 aromatic carbocycles. The monoisotopic (exact) mass is 408 g/mol. The zero-order valence-corrected chi connectivity index (χ0v) is 15.0. The van der Waals surface area contributed by atoms with E-state index >= 15 is 0 Å². The lowest BCUT2D eigenvalue weighted by Gasteiger charge is -2.32. The van der Waals surface area contributed by atoms with E-state index in [0.717, 1.165) is 0 Å². The second kappa shape index (κ2) is 6.95. The van der Waals surface area contributed by atoms with E-state index in [1.807, 2.05) is 0 Å². The molecule has 1 aromatic rings. The van der Waals surface area contributed by atoms with E-state index in [1.165, 1.54) is 24.3 Å². The minimum atomic E-state index is -4.32. The molecule has 0 N–H and O–H groups in total. The van der Waals surface area contributed by atoms with Gasteiger partial charge >= 0.3 is 7.60 Å². The van der Waals surface area contributed by atoms with E-state index in [1.54, 1.807) is 6.07 Å². The molecule has 2 rings (SSSR count). The quantitative estimate of drug-likeness (QED) is 0.428. The summed E-state index contributed by atoms with van der Waals surface area (Å²) >= 11 is 17.2. The molecule has 11 heteroatoms. The Labute approximate surface area is 143 Å². The highest BCUT2D eigenvalue weighted by molar-refractivity contribution is 7.87. The predicted octanol–water partition coefficient (Wildman–Crippen LogP) is 3.72. The van der Waals surface area contributed by atoms with E-state index in [2.05, 4.69) is 0 Å². The molecule has 0 aromatic heterocycles. The van der Waals surface area contributed by atoms with Crippen molar-refractivity contribution in [3.05, 3.63) is 30.3 Å². The number of rotatable bonds is 4. The third-order valence-corrected chi connectivity index (χ3v) is 7.29. The maximum atomic E-state index is 12.6. The van der Waals surface area contributed by atoms with Crippen LogP contribution in [0.25, 0.3) is 0 Å². The average molecular weight is 410 g/mol. The average Bonchev–Trinajstić information content (AvgIpc) is 2.45. The van der Waals surface area contributed by atoms with Gasteiger partial charge < -0.3 is 9.05 Å². The van der Waals surface area contributed by atoms with Gasteiger partial charge in [-0.1, -0.05) is 53.0 Å². The van der Waals surface area contributed by atoms with Crippen LogP contribution in [-0.4, -0.2) is 31.3 Å². The van der Waals surface area contributed by atoms with Crippen LogP contribution < -0.4 is 0 Å². The fourth-order valence-electron chi connectivity index (χ4n) is 1.66. The van der Waals surface area contributed by atoms with Gasteiger partial charge in [0.1, 0.15) is 0 Å². The van der Waals surface area contributed by atoms with Crippen LogP contribution in [0, 0.1) is 0 Å². The van der Waals surface area contributed by atoms with Crippen LogP contribution >= 0.6 is 42.4 Å². The van der Waals surface area contributed by atoms with Crippen molar-refractivity contribution in [2.45, 2.75) is 21.0 Å². The summed E-state index contributed by atoms with van der Waals surface area (Å²) in [6.45, 7) is 0.173. The van der Waals surface area contributed by atoms with Crippen LogP contribution in [0.15, 0.2) is 35.2 Å². The second-order valence-electron chi connectivity index (χ2n) is 4.32. The standard InChI is InChI=1S/C11H12Cl3O6PS/c12-11(13,14)10(21(15)18-7-4-8-19-21)20-22(16,17)9-5-2-1-3-6-9/h1-3,5-6,10H,4,7-8H2. The normalized spacial score (nSPS) is 20.5. The van der Waals surface area contributed by atoms with Gasteiger partial charge in [0.2, 0.25) is 9.64 Å². The van der Waals surface area contributed by atoms with Crippen LogP contribution in [0.1, 0.15) is 6.42 Å². The lowest BCUT2D eigenvalue weighted by Crippen LogP contribution is -2.34. The van der Waals surface area contributed by atoms with Crippen LogP contribution in [0.2, 0.25) is 0 Å². The van der Waals surface area contributed by atoms with E-state index in [4.69, 9.17) is 48.0 Å². The molecule has 124 valence electrons. The molecular weight excluding hydrogens is 398 g/mol. The summed E-state index contributed by atoms with van der Waals surface area (Å²) in [5, 5.41) is 0. The molecule has 1 saturated heterocycles. The molecule has 0 bridgehead atoms. The Morgan fingerprint density at radius 3 is 2.18 bits per heavy atom. The highest BCUT2D eigenvalue weighted by Gasteiger charge is 2.53. The number of alkyl halides is 3. The maximum Gasteiger partial charge on any atom is 0.365 e. The molecule has 1 heterocycles. The molecule has 1 unspecified atom stereocenters. The zero-order valence-electron chi connectivity index (χ0n) is 11.0. The first kappa shape index (κ1) is 18.5. The fourth-order valence-corrected chi connectivity index (χ4v) is 6.25. The first-order valence-electron chi connectivity index (χ1n) is 6.09. The molecule has 0 amide bonds. The van der Waals surface area contributed by atoms with Crippen molar-refractivity contribution >= 4 is 52.5 Å². The number of hydrogen-bond donors (Lipinski definition) is 0. The van der Waals surface area contributed by atoms with E-state index in [-0.39, 0.29) is 18.1 Å². The summed E-state index contributed by atoms with van der Waals surface area (Å²) in [4.78, 5) is -0.169. The largest absolute Gasteiger partial charge is 0.365 e. The molecule has 0 saturated carbocycles. The van der Waals surface area contributed by atoms with Gasteiger partial charge in [0.25, 0.3) is 10.1 Å². The summed E-state index contributed by atoms with van der Waals surface area (Å²) in [7, 11) is -8.37. The molecule has 1 fully saturated rings. The highest BCUT2D eigenvalue weighted by atomic mass is 35.6. The van der Waals surface area contributed by atoms with Gasteiger partial charge in [-0.25, -0.2) is 4.18 Å². The van der Waals surface area contributed by atoms with Gasteiger partial charge in [-0.2, -0.15) is 8.42 Å². The van der Waals surface area contributed by atoms with Gasteiger partial charge in [0.05, 0.1) is 18.1 Å². The lowest BCUT2D eigenvalue weighted by molar-refractivity contribution is 0.113. The van der Waals surface area contributed by atoms with E-state index < -0.39 is 27.4 Å². The number of benzene rings is 1. The third-order valence-electron chi connectivity index (χ3n) is 2.65. The Morgan fingerprint density at radius 2 is 1.68 bits per heavy atom. The topological polar surface area (TPSA) is 78.9 Å². The van der Waals surface area contributed by atoms with Crippen molar-refractivity contribution in [2.75, 3.05) is 13.2 Å². The molecular formula is C11H12Cl3O6PS. The van der Waals surface area contributed by atoms with Crippen LogP contribution in [0.3, 0.4) is 0 Å². The summed E-state index contributed by atoms with van der Waals surface area (Å²) in [5.41, 5.74) is 0. The van der Waals surface area contributed by atoms with Crippen molar-refractivity contribution in [2.24, 2.45) is 0 Å². The molecule has 0 aliphatic carbocycles. The Bertz CT molecular complexity index is 650. The van der Waals surface area contributed by atoms with Gasteiger partial charge in [0, 0.05) is 0 Å². The third kappa shape index (κ3) is 4.36. The van der Waals surface area contributed by atoms with Crippen molar-refractivity contribution in [3.8, 4) is 0 Å². The summed E-state index contributed by atoms with van der Waals surface area (Å²) in [5.74, 6) is -1.91. The zero-order chi connectivity index (χ0) is 16.4. The molecule has 1 aliphatic rings. The van der Waals surface area contributed by atoms with Crippen LogP contribution in [-0.2, 0) is 27.9 Å². The molecule has 1 aliphatic heterocycles. The molecule has 1 atom stereocenters. The van der Waals surface area contributed by atoms with Crippen molar-refractivity contribution in [3.63, 3.8) is 0 Å². The maximum absolute atomic E-state index is 12.6. The first-order valence-corrected chi connectivity index (χ1v) is 10.2. The van der Waals surface area contributed by atoms with Crippen molar-refractivity contribution < 1.29 is 26.2 Å². The number of halogens is 3. The summed E-state index contributed by atoms with van der Waals surface area (Å²) < 4.78 is 49.7. The SMILES string of the molecule is O=P1(C(OS(=O)(=O)c2ccccc2)C(Cl)(Cl)Cl)OCCCO1. The first-order chi connectivity index (χ1) is 10.2. The Hall–Kier alpha value is 0.150. The van der Waals surface area contributed by atoms with Gasteiger partial charge in [-0.05, 0) is 18.6 Å². The highest BCUT2D eigenvalue weighted by Crippen LogP contribution is 2.62. The van der Waals surface area contributed by atoms with Crippen LogP contribution in [0.5, 0.6) is 0 Å². The molecule has 0 spiro atoms. The van der Waals surface area contributed by atoms with Crippen molar-refractivity contribution in [1.82, 2.24) is 0 Å². The number of hydrogen-bond acceptors (Lipinski definition) is 6. The summed E-state index contributed by atoms with van der Waals surface area (Å²) in [6, 6.07) is 7.21. The van der Waals surface area contributed by atoms with Gasteiger partial charge in [0.15, 0.2) is 0 Å². The molecule has 22 heavy (non-hydrogen) atoms. The fraction of sp³-hybridized carbons (Fsp3) is 0.455. The summed E-state index contributed by atoms with van der Waals surface area (Å²) in [6.07, 6.45) is 0.488. The van der Waals surface area contributed by atoms with Crippen LogP contribution in [0.4, 0.5) is 0 Å².